The Kier molecular flexibility index (Phi) is 6.00. The first kappa shape index (κ1) is 18.0. The molecule has 9 heteroatoms. The van der Waals surface area contributed by atoms with Crippen LogP contribution in [0.15, 0.2) is 32.6 Å². The molecule has 0 aliphatic carbocycles. The number of benzene rings is 1. The van der Waals surface area contributed by atoms with Crippen LogP contribution in [0.25, 0.3) is 11.3 Å². The predicted octanol–water partition coefficient (Wildman–Crippen LogP) is 2.34. The summed E-state index contributed by atoms with van der Waals surface area (Å²) in [6, 6.07) is 6.85. The fraction of sp³-hybridized carbons (Fsp3) is 0.200. The van der Waals surface area contributed by atoms with Crippen molar-refractivity contribution in [1.29, 1.82) is 5.26 Å². The number of hydrogen-bond acceptors (Lipinski definition) is 7. The van der Waals surface area contributed by atoms with Gasteiger partial charge in [-0.2, -0.15) is 5.26 Å². The van der Waals surface area contributed by atoms with Gasteiger partial charge >= 0.3 is 5.97 Å². The molecule has 1 aromatic carbocycles. The molecule has 0 radical (unpaired) electrons. The molecule has 0 bridgehead atoms. The Bertz CT molecular complexity index is 876. The number of H-pyrrole nitrogens is 1. The number of nitrogens with one attached hydrogen (secondary N) is 1. The van der Waals surface area contributed by atoms with Gasteiger partial charge in [-0.05, 0) is 24.5 Å². The summed E-state index contributed by atoms with van der Waals surface area (Å²) in [5.41, 5.74) is -0.0578. The third-order valence-corrected chi connectivity index (χ3v) is 4.05. The van der Waals surface area contributed by atoms with E-state index in [1.165, 1.54) is 18.9 Å². The minimum atomic E-state index is -0.548. The van der Waals surface area contributed by atoms with Crippen LogP contribution in [0, 0.1) is 11.3 Å². The Hall–Kier alpha value is -2.31. The van der Waals surface area contributed by atoms with Crippen molar-refractivity contribution in [3.05, 3.63) is 38.6 Å². The number of carbonyl (C=O) groups excluding carboxylic acids is 1. The third-order valence-electron chi connectivity index (χ3n) is 2.97. The van der Waals surface area contributed by atoms with E-state index in [0.717, 1.165) is 0 Å². The molecule has 0 saturated heterocycles. The van der Waals surface area contributed by atoms with Gasteiger partial charge in [0, 0.05) is 10.0 Å². The molecule has 0 aliphatic heterocycles. The van der Waals surface area contributed by atoms with Crippen molar-refractivity contribution >= 4 is 33.7 Å². The van der Waals surface area contributed by atoms with Crippen LogP contribution in [-0.4, -0.2) is 35.9 Å². The number of rotatable bonds is 5. The van der Waals surface area contributed by atoms with Gasteiger partial charge in [0.2, 0.25) is 0 Å². The Labute approximate surface area is 150 Å². The summed E-state index contributed by atoms with van der Waals surface area (Å²) in [7, 11) is 1.25. The summed E-state index contributed by atoms with van der Waals surface area (Å²) in [5.74, 6) is -0.238. The third kappa shape index (κ3) is 3.96. The predicted molar refractivity (Wildman–Crippen MR) is 92.0 cm³/mol. The van der Waals surface area contributed by atoms with Gasteiger partial charge in [-0.1, -0.05) is 27.7 Å². The lowest BCUT2D eigenvalue weighted by Crippen LogP contribution is -2.16. The van der Waals surface area contributed by atoms with Crippen LogP contribution in [0.5, 0.6) is 5.75 Å². The molecular weight excluding hydrogens is 398 g/mol. The Balaban J connectivity index is 2.61. The molecular formula is C15H12BrN3O4S. The van der Waals surface area contributed by atoms with Crippen molar-refractivity contribution in [2.24, 2.45) is 0 Å². The van der Waals surface area contributed by atoms with E-state index < -0.39 is 11.5 Å². The number of methoxy groups -OCH3 is 1. The van der Waals surface area contributed by atoms with E-state index in [4.69, 9.17) is 4.74 Å². The summed E-state index contributed by atoms with van der Waals surface area (Å²) in [6.07, 6.45) is 1.75. The van der Waals surface area contributed by atoms with E-state index in [-0.39, 0.29) is 17.9 Å². The van der Waals surface area contributed by atoms with Crippen LogP contribution in [0.2, 0.25) is 0 Å². The lowest BCUT2D eigenvalue weighted by Gasteiger charge is -2.12. The van der Waals surface area contributed by atoms with E-state index in [1.807, 2.05) is 6.07 Å². The summed E-state index contributed by atoms with van der Waals surface area (Å²) in [4.78, 5) is 30.2. The van der Waals surface area contributed by atoms with Crippen LogP contribution in [0.1, 0.15) is 5.56 Å². The Morgan fingerprint density at radius 1 is 1.50 bits per heavy atom. The van der Waals surface area contributed by atoms with E-state index in [0.29, 0.717) is 20.9 Å². The molecule has 1 heterocycles. The maximum atomic E-state index is 12.1. The number of carbonyl (C=O) groups is 1. The normalized spacial score (nSPS) is 10.1. The van der Waals surface area contributed by atoms with Crippen LogP contribution >= 0.6 is 27.7 Å². The van der Waals surface area contributed by atoms with E-state index in [1.54, 1.807) is 24.5 Å². The highest BCUT2D eigenvalue weighted by molar-refractivity contribution is 9.10. The second-order valence-corrected chi connectivity index (χ2v) is 6.13. The molecule has 124 valence electrons. The van der Waals surface area contributed by atoms with E-state index in [9.17, 15) is 14.9 Å². The molecule has 0 saturated carbocycles. The number of aromatic nitrogens is 2. The van der Waals surface area contributed by atoms with Gasteiger partial charge in [0.1, 0.15) is 23.1 Å². The van der Waals surface area contributed by atoms with E-state index >= 15 is 0 Å². The molecule has 0 aliphatic rings. The van der Waals surface area contributed by atoms with Crippen molar-refractivity contribution in [3.63, 3.8) is 0 Å². The van der Waals surface area contributed by atoms with E-state index in [2.05, 4.69) is 30.6 Å². The highest BCUT2D eigenvalue weighted by Gasteiger charge is 2.18. The number of aromatic amines is 1. The summed E-state index contributed by atoms with van der Waals surface area (Å²) < 4.78 is 10.7. The first-order valence-electron chi connectivity index (χ1n) is 6.58. The number of nitriles is 1. The van der Waals surface area contributed by atoms with Crippen molar-refractivity contribution in [2.75, 3.05) is 20.0 Å². The molecule has 0 amide bonds. The molecule has 24 heavy (non-hydrogen) atoms. The van der Waals surface area contributed by atoms with Crippen LogP contribution in [0.3, 0.4) is 0 Å². The molecule has 7 nitrogen and oxygen atoms in total. The standard InChI is InChI=1S/C15H12BrN3O4S/c1-22-12(20)7-23-11-4-3-8(16)5-9(11)13-10(6-17)14(21)19-15(18-13)24-2/h3-5H,7H2,1-2H3,(H,18,19,21). The Morgan fingerprint density at radius 2 is 2.25 bits per heavy atom. The second-order valence-electron chi connectivity index (χ2n) is 4.42. The van der Waals surface area contributed by atoms with Gasteiger partial charge < -0.3 is 14.5 Å². The fourth-order valence-corrected chi connectivity index (χ4v) is 2.59. The highest BCUT2D eigenvalue weighted by Crippen LogP contribution is 2.33. The van der Waals surface area contributed by atoms with Gasteiger partial charge in [-0.15, -0.1) is 0 Å². The van der Waals surface area contributed by atoms with Gasteiger partial charge in [-0.25, -0.2) is 9.78 Å². The monoisotopic (exact) mass is 409 g/mol. The minimum Gasteiger partial charge on any atom is -0.481 e. The van der Waals surface area contributed by atoms with Gasteiger partial charge in [-0.3, -0.25) is 4.79 Å². The van der Waals surface area contributed by atoms with Gasteiger partial charge in [0.15, 0.2) is 11.8 Å². The number of thioether (sulfide) groups is 1. The lowest BCUT2D eigenvalue weighted by atomic mass is 10.1. The first-order chi connectivity index (χ1) is 11.5. The maximum absolute atomic E-state index is 12.1. The highest BCUT2D eigenvalue weighted by atomic mass is 79.9. The fourth-order valence-electron chi connectivity index (χ4n) is 1.86. The SMILES string of the molecule is COC(=O)COc1ccc(Br)cc1-c1nc(SC)[nH]c(=O)c1C#N. The number of halogens is 1. The zero-order valence-electron chi connectivity index (χ0n) is 12.8. The minimum absolute atomic E-state index is 0.131. The zero-order valence-corrected chi connectivity index (χ0v) is 15.2. The number of nitrogens with zero attached hydrogens (tertiary/aromatic N) is 2. The van der Waals surface area contributed by atoms with Crippen molar-refractivity contribution in [1.82, 2.24) is 9.97 Å². The topological polar surface area (TPSA) is 105 Å². The molecule has 1 N–H and O–H groups in total. The maximum Gasteiger partial charge on any atom is 0.343 e. The van der Waals surface area contributed by atoms with Gasteiger partial charge in [0.25, 0.3) is 5.56 Å². The summed E-state index contributed by atoms with van der Waals surface area (Å²) >= 11 is 4.58. The van der Waals surface area contributed by atoms with Crippen LogP contribution in [0.4, 0.5) is 0 Å². The van der Waals surface area contributed by atoms with Crippen molar-refractivity contribution in [3.8, 4) is 23.1 Å². The molecule has 0 unspecified atom stereocenters. The average Bonchev–Trinajstić information content (AvgIpc) is 2.59. The van der Waals surface area contributed by atoms with Crippen molar-refractivity contribution < 1.29 is 14.3 Å². The van der Waals surface area contributed by atoms with Gasteiger partial charge in [0.05, 0.1) is 7.11 Å². The quantitative estimate of drug-likeness (QED) is 0.458. The average molecular weight is 410 g/mol. The summed E-state index contributed by atoms with van der Waals surface area (Å²) in [5, 5.41) is 9.67. The lowest BCUT2D eigenvalue weighted by molar-refractivity contribution is -0.142. The molecule has 1 aromatic heterocycles. The molecule has 2 aromatic rings. The number of hydrogen-bond donors (Lipinski definition) is 1. The smallest absolute Gasteiger partial charge is 0.343 e. The van der Waals surface area contributed by atoms with Crippen LogP contribution < -0.4 is 10.3 Å². The molecule has 0 fully saturated rings. The largest absolute Gasteiger partial charge is 0.481 e. The molecule has 2 rings (SSSR count). The Morgan fingerprint density at radius 3 is 2.88 bits per heavy atom. The molecule has 0 spiro atoms. The molecule has 0 atom stereocenters. The van der Waals surface area contributed by atoms with Crippen molar-refractivity contribution in [2.45, 2.75) is 5.16 Å². The summed E-state index contributed by atoms with van der Waals surface area (Å²) in [6.45, 7) is -0.300. The zero-order chi connectivity index (χ0) is 17.7. The first-order valence-corrected chi connectivity index (χ1v) is 8.59. The number of ether oxygens (including phenoxy) is 2. The second kappa shape index (κ2) is 7.99. The van der Waals surface area contributed by atoms with Crippen LogP contribution in [-0.2, 0) is 9.53 Å². The number of esters is 1.